The molecule has 0 unspecified atom stereocenters. The summed E-state index contributed by atoms with van der Waals surface area (Å²) in [6.07, 6.45) is 2.79. The Morgan fingerprint density at radius 2 is 2.27 bits per heavy atom. The third-order valence-corrected chi connectivity index (χ3v) is 5.03. The fourth-order valence-corrected chi connectivity index (χ4v) is 3.56. The molecule has 0 saturated heterocycles. The molecule has 132 valence electrons. The third kappa shape index (κ3) is 2.80. The molecule has 4 aromatic heterocycles. The van der Waals surface area contributed by atoms with Gasteiger partial charge < -0.3 is 5.32 Å². The first kappa shape index (κ1) is 16.2. The molecule has 0 aliphatic carbocycles. The lowest BCUT2D eigenvalue weighted by atomic mass is 10.2. The van der Waals surface area contributed by atoms with Gasteiger partial charge >= 0.3 is 0 Å². The van der Waals surface area contributed by atoms with Crippen LogP contribution in [-0.4, -0.2) is 35.4 Å². The van der Waals surface area contributed by atoms with Crippen LogP contribution in [0.5, 0.6) is 0 Å². The molecule has 0 aliphatic heterocycles. The molecule has 0 fully saturated rings. The van der Waals surface area contributed by atoms with Crippen molar-refractivity contribution in [3.8, 4) is 10.6 Å². The molecule has 10 heteroatoms. The molecule has 4 rings (SSSR count). The molecule has 0 bridgehead atoms. The topological polar surface area (TPSA) is 110 Å². The number of nitrogens with zero attached hydrogens (tertiary/aromatic N) is 5. The average Bonchev–Trinajstić information content (AvgIpc) is 3.31. The average molecular weight is 369 g/mol. The summed E-state index contributed by atoms with van der Waals surface area (Å²) in [7, 11) is 1.70. The summed E-state index contributed by atoms with van der Waals surface area (Å²) in [5, 5.41) is 16.1. The maximum absolute atomic E-state index is 12.4. The highest BCUT2D eigenvalue weighted by Crippen LogP contribution is 2.28. The number of hydrogen-bond acceptors (Lipinski definition) is 6. The number of anilines is 1. The van der Waals surface area contributed by atoms with Gasteiger partial charge in [-0.15, -0.1) is 11.3 Å². The number of aromatic amines is 1. The van der Waals surface area contributed by atoms with Crippen molar-refractivity contribution >= 4 is 34.1 Å². The number of thiophene rings is 1. The molecule has 0 atom stereocenters. The van der Waals surface area contributed by atoms with Crippen molar-refractivity contribution in [1.29, 1.82) is 0 Å². The van der Waals surface area contributed by atoms with Crippen LogP contribution >= 0.6 is 11.3 Å². The second-order valence-corrected chi connectivity index (χ2v) is 6.75. The summed E-state index contributed by atoms with van der Waals surface area (Å²) in [6, 6.07) is 3.79. The van der Waals surface area contributed by atoms with Gasteiger partial charge in [-0.25, -0.2) is 4.98 Å². The van der Waals surface area contributed by atoms with Crippen LogP contribution in [-0.2, 0) is 18.4 Å². The van der Waals surface area contributed by atoms with E-state index in [-0.39, 0.29) is 18.0 Å². The Bertz CT molecular complexity index is 1170. The highest BCUT2D eigenvalue weighted by molar-refractivity contribution is 7.13. The fourth-order valence-electron chi connectivity index (χ4n) is 2.67. The second kappa shape index (κ2) is 6.23. The quantitative estimate of drug-likeness (QED) is 0.567. The summed E-state index contributed by atoms with van der Waals surface area (Å²) in [6.45, 7) is 1.86. The molecule has 1 amide bonds. The molecular formula is C16H15N7O2S. The Kier molecular flexibility index (Phi) is 3.88. The predicted molar refractivity (Wildman–Crippen MR) is 98.0 cm³/mol. The number of aryl methyl sites for hydroxylation is 2. The van der Waals surface area contributed by atoms with E-state index in [2.05, 4.69) is 25.6 Å². The Labute approximate surface area is 151 Å². The Hall–Kier alpha value is -3.27. The highest BCUT2D eigenvalue weighted by atomic mass is 32.1. The molecular weight excluding hydrogens is 354 g/mol. The lowest BCUT2D eigenvalue weighted by molar-refractivity contribution is -0.116. The van der Waals surface area contributed by atoms with Gasteiger partial charge in [0.2, 0.25) is 5.91 Å². The molecule has 0 radical (unpaired) electrons. The molecule has 2 N–H and O–H groups in total. The lowest BCUT2D eigenvalue weighted by Crippen LogP contribution is -2.27. The van der Waals surface area contributed by atoms with Crippen molar-refractivity contribution in [1.82, 2.24) is 29.5 Å². The van der Waals surface area contributed by atoms with E-state index in [9.17, 15) is 9.59 Å². The molecule has 26 heavy (non-hydrogen) atoms. The Morgan fingerprint density at radius 3 is 3.04 bits per heavy atom. The largest absolute Gasteiger partial charge is 0.308 e. The molecule has 0 saturated carbocycles. The van der Waals surface area contributed by atoms with Gasteiger partial charge in [-0.2, -0.15) is 10.2 Å². The Morgan fingerprint density at radius 1 is 1.42 bits per heavy atom. The van der Waals surface area contributed by atoms with Crippen LogP contribution in [0.25, 0.3) is 21.6 Å². The highest BCUT2D eigenvalue weighted by Gasteiger charge is 2.13. The molecule has 9 nitrogen and oxygen atoms in total. The van der Waals surface area contributed by atoms with Crippen LogP contribution in [0, 0.1) is 6.92 Å². The number of nitrogens with one attached hydrogen (secondary N) is 2. The van der Waals surface area contributed by atoms with E-state index >= 15 is 0 Å². The minimum absolute atomic E-state index is 0.156. The van der Waals surface area contributed by atoms with Crippen LogP contribution in [0.1, 0.15) is 5.56 Å². The lowest BCUT2D eigenvalue weighted by Gasteiger charge is -2.05. The minimum Gasteiger partial charge on any atom is -0.308 e. The SMILES string of the molecule is Cc1ccsc1-c1cc(NC(=O)Cn2cnc3c(cnn3C)c2=O)n[nH]1. The van der Waals surface area contributed by atoms with Crippen molar-refractivity contribution in [3.63, 3.8) is 0 Å². The minimum atomic E-state index is -0.363. The first-order chi connectivity index (χ1) is 12.5. The zero-order valence-corrected chi connectivity index (χ0v) is 14.9. The molecule has 4 aromatic rings. The normalized spacial score (nSPS) is 11.2. The van der Waals surface area contributed by atoms with Crippen LogP contribution in [0.15, 0.2) is 34.8 Å². The van der Waals surface area contributed by atoms with Crippen LogP contribution < -0.4 is 10.9 Å². The molecule has 4 heterocycles. The molecule has 0 spiro atoms. The van der Waals surface area contributed by atoms with Gasteiger partial charge in [0.1, 0.15) is 18.3 Å². The number of hydrogen-bond donors (Lipinski definition) is 2. The molecule has 0 aromatic carbocycles. The van der Waals surface area contributed by atoms with E-state index in [0.29, 0.717) is 16.9 Å². The van der Waals surface area contributed by atoms with Crippen molar-refractivity contribution in [2.75, 3.05) is 5.32 Å². The Balaban J connectivity index is 1.51. The van der Waals surface area contributed by atoms with Crippen LogP contribution in [0.3, 0.4) is 0 Å². The first-order valence-electron chi connectivity index (χ1n) is 7.80. The fraction of sp³-hybridized carbons (Fsp3) is 0.188. The number of H-pyrrole nitrogens is 1. The van der Waals surface area contributed by atoms with Crippen molar-refractivity contribution < 1.29 is 4.79 Å². The van der Waals surface area contributed by atoms with Crippen molar-refractivity contribution in [2.24, 2.45) is 7.05 Å². The van der Waals surface area contributed by atoms with E-state index in [1.165, 1.54) is 21.8 Å². The summed E-state index contributed by atoms with van der Waals surface area (Å²) in [4.78, 5) is 29.9. The van der Waals surface area contributed by atoms with Crippen LogP contribution in [0.4, 0.5) is 5.82 Å². The summed E-state index contributed by atoms with van der Waals surface area (Å²) in [5.41, 5.74) is 2.15. The number of aromatic nitrogens is 6. The standard InChI is InChI=1S/C16H15N7O2S/c1-9-3-4-26-14(9)11-5-12(21-20-11)19-13(24)7-23-8-17-15-10(16(23)25)6-18-22(15)2/h3-6,8H,7H2,1-2H3,(H2,19,20,21,24). The number of carbonyl (C=O) groups excluding carboxylic acids is 1. The maximum atomic E-state index is 12.4. The smallest absolute Gasteiger partial charge is 0.264 e. The van der Waals surface area contributed by atoms with Gasteiger partial charge in [0.15, 0.2) is 11.5 Å². The maximum Gasteiger partial charge on any atom is 0.264 e. The van der Waals surface area contributed by atoms with Gasteiger partial charge in [-0.1, -0.05) is 0 Å². The molecule has 0 aliphatic rings. The first-order valence-corrected chi connectivity index (χ1v) is 8.68. The number of fused-ring (bicyclic) bond motifs is 1. The zero-order chi connectivity index (χ0) is 18.3. The van der Waals surface area contributed by atoms with Gasteiger partial charge in [0, 0.05) is 13.1 Å². The number of amides is 1. The zero-order valence-electron chi connectivity index (χ0n) is 14.1. The number of rotatable bonds is 4. The van der Waals surface area contributed by atoms with E-state index in [1.54, 1.807) is 24.5 Å². The second-order valence-electron chi connectivity index (χ2n) is 5.83. The summed E-state index contributed by atoms with van der Waals surface area (Å²) < 4.78 is 2.76. The van der Waals surface area contributed by atoms with Crippen molar-refractivity contribution in [3.05, 3.63) is 46.0 Å². The monoisotopic (exact) mass is 369 g/mol. The summed E-state index contributed by atoms with van der Waals surface area (Å²) >= 11 is 1.60. The number of carbonyl (C=O) groups is 1. The van der Waals surface area contributed by atoms with Crippen LogP contribution in [0.2, 0.25) is 0 Å². The van der Waals surface area contributed by atoms with Gasteiger partial charge in [0.25, 0.3) is 5.56 Å². The van der Waals surface area contributed by atoms with E-state index < -0.39 is 0 Å². The van der Waals surface area contributed by atoms with Crippen molar-refractivity contribution in [2.45, 2.75) is 13.5 Å². The third-order valence-electron chi connectivity index (χ3n) is 3.98. The van der Waals surface area contributed by atoms with E-state index in [4.69, 9.17) is 0 Å². The van der Waals surface area contributed by atoms with Gasteiger partial charge in [0.05, 0.1) is 16.8 Å². The van der Waals surface area contributed by atoms with Gasteiger partial charge in [-0.05, 0) is 23.9 Å². The van der Waals surface area contributed by atoms with E-state index in [0.717, 1.165) is 16.1 Å². The van der Waals surface area contributed by atoms with E-state index in [1.807, 2.05) is 18.4 Å². The predicted octanol–water partition coefficient (Wildman–Crippen LogP) is 1.53. The summed E-state index contributed by atoms with van der Waals surface area (Å²) in [5.74, 6) is 0.0411. The van der Waals surface area contributed by atoms with Gasteiger partial charge in [-0.3, -0.25) is 23.9 Å².